The van der Waals surface area contributed by atoms with Gasteiger partial charge in [0, 0.05) is 6.04 Å². The topological polar surface area (TPSA) is 32.3 Å². The van der Waals surface area contributed by atoms with Gasteiger partial charge in [0.15, 0.2) is 0 Å². The quantitative estimate of drug-likeness (QED) is 0.652. The third-order valence-electron chi connectivity index (χ3n) is 4.29. The molecule has 2 aromatic rings. The summed E-state index contributed by atoms with van der Waals surface area (Å²) in [5, 5.41) is 13.1. The van der Waals surface area contributed by atoms with Gasteiger partial charge in [-0.15, -0.1) is 0 Å². The Labute approximate surface area is 152 Å². The molecule has 0 saturated carbocycles. The van der Waals surface area contributed by atoms with Crippen LogP contribution in [0, 0.1) is 11.8 Å². The van der Waals surface area contributed by atoms with Gasteiger partial charge in [0.25, 0.3) is 0 Å². The lowest BCUT2D eigenvalue weighted by atomic mass is 9.98. The first-order chi connectivity index (χ1) is 12.0. The first-order valence-corrected chi connectivity index (χ1v) is 9.27. The Morgan fingerprint density at radius 1 is 0.960 bits per heavy atom. The fourth-order valence-corrected chi connectivity index (χ4v) is 2.99. The molecular weight excluding hydrogens is 306 g/mol. The highest BCUT2D eigenvalue weighted by atomic mass is 16.3. The van der Waals surface area contributed by atoms with Crippen molar-refractivity contribution in [1.82, 2.24) is 5.32 Å². The van der Waals surface area contributed by atoms with E-state index in [0.29, 0.717) is 23.6 Å². The predicted molar refractivity (Wildman–Crippen MR) is 108 cm³/mol. The molecule has 2 N–H and O–H groups in total. The third kappa shape index (κ3) is 7.57. The van der Waals surface area contributed by atoms with Crippen LogP contribution in [0.5, 0.6) is 5.75 Å². The molecule has 0 aliphatic carbocycles. The summed E-state index contributed by atoms with van der Waals surface area (Å²) in [6, 6.07) is 18.4. The van der Waals surface area contributed by atoms with Gasteiger partial charge in [-0.2, -0.15) is 0 Å². The van der Waals surface area contributed by atoms with Crippen molar-refractivity contribution >= 4 is 6.08 Å². The average Bonchev–Trinajstić information content (AvgIpc) is 2.60. The van der Waals surface area contributed by atoms with Crippen LogP contribution in [-0.4, -0.2) is 17.7 Å². The van der Waals surface area contributed by atoms with Gasteiger partial charge in [0.2, 0.25) is 0 Å². The van der Waals surface area contributed by atoms with Crippen LogP contribution in [-0.2, 0) is 6.42 Å². The van der Waals surface area contributed by atoms with Crippen molar-refractivity contribution in [2.75, 3.05) is 6.54 Å². The number of benzene rings is 2. The van der Waals surface area contributed by atoms with Crippen LogP contribution < -0.4 is 5.32 Å². The maximum Gasteiger partial charge on any atom is 0.115 e. The van der Waals surface area contributed by atoms with Gasteiger partial charge in [-0.3, -0.25) is 0 Å². The normalized spacial score (nSPS) is 14.1. The van der Waals surface area contributed by atoms with E-state index in [1.54, 1.807) is 12.1 Å². The van der Waals surface area contributed by atoms with E-state index in [1.165, 1.54) is 11.1 Å². The molecular formula is C23H31NO. The zero-order valence-corrected chi connectivity index (χ0v) is 15.7. The van der Waals surface area contributed by atoms with E-state index in [-0.39, 0.29) is 0 Å². The lowest BCUT2D eigenvalue weighted by molar-refractivity contribution is 0.429. The Balaban J connectivity index is 1.88. The van der Waals surface area contributed by atoms with E-state index in [0.717, 1.165) is 19.4 Å². The summed E-state index contributed by atoms with van der Waals surface area (Å²) in [5.41, 5.74) is 2.52. The Morgan fingerprint density at radius 2 is 1.64 bits per heavy atom. The summed E-state index contributed by atoms with van der Waals surface area (Å²) >= 11 is 0. The van der Waals surface area contributed by atoms with Crippen molar-refractivity contribution in [3.8, 4) is 5.75 Å². The fourth-order valence-electron chi connectivity index (χ4n) is 2.99. The monoisotopic (exact) mass is 337 g/mol. The van der Waals surface area contributed by atoms with Gasteiger partial charge >= 0.3 is 0 Å². The molecule has 2 aromatic carbocycles. The van der Waals surface area contributed by atoms with Crippen LogP contribution in [0.2, 0.25) is 0 Å². The maximum absolute atomic E-state index is 9.38. The van der Waals surface area contributed by atoms with Gasteiger partial charge in [-0.1, -0.05) is 75.4 Å². The van der Waals surface area contributed by atoms with Crippen LogP contribution in [0.3, 0.4) is 0 Å². The molecule has 0 fully saturated rings. The molecule has 0 aliphatic heterocycles. The Bertz CT molecular complexity index is 631. The van der Waals surface area contributed by atoms with Gasteiger partial charge in [-0.05, 0) is 54.5 Å². The fraction of sp³-hybridized carbons (Fsp3) is 0.391. The summed E-state index contributed by atoms with van der Waals surface area (Å²) < 4.78 is 0. The summed E-state index contributed by atoms with van der Waals surface area (Å²) in [5.74, 6) is 1.53. The van der Waals surface area contributed by atoms with Crippen molar-refractivity contribution in [1.29, 1.82) is 0 Å². The second kappa shape index (κ2) is 10.0. The molecule has 2 heteroatoms. The highest BCUT2D eigenvalue weighted by molar-refractivity contribution is 5.49. The first-order valence-electron chi connectivity index (χ1n) is 9.27. The van der Waals surface area contributed by atoms with E-state index in [9.17, 15) is 5.11 Å². The Morgan fingerprint density at radius 3 is 2.28 bits per heavy atom. The minimum absolute atomic E-state index is 0.331. The summed E-state index contributed by atoms with van der Waals surface area (Å²) in [6.45, 7) is 7.79. The SMILES string of the molecule is CC(C)C[C@@H](/C=C/c1ccccc1)NC[C@@H](C)Cc1ccc(O)cc1. The van der Waals surface area contributed by atoms with Gasteiger partial charge in [0.1, 0.15) is 5.75 Å². The molecule has 0 aliphatic rings. The van der Waals surface area contributed by atoms with Crippen LogP contribution in [0.15, 0.2) is 60.7 Å². The van der Waals surface area contributed by atoms with Crippen molar-refractivity contribution in [3.63, 3.8) is 0 Å². The van der Waals surface area contributed by atoms with Crippen LogP contribution in [0.4, 0.5) is 0 Å². The number of hydrogen-bond acceptors (Lipinski definition) is 2. The number of aromatic hydroxyl groups is 1. The maximum atomic E-state index is 9.38. The van der Waals surface area contributed by atoms with Gasteiger partial charge < -0.3 is 10.4 Å². The molecule has 0 radical (unpaired) electrons. The van der Waals surface area contributed by atoms with E-state index >= 15 is 0 Å². The molecule has 25 heavy (non-hydrogen) atoms. The van der Waals surface area contributed by atoms with E-state index < -0.39 is 0 Å². The largest absolute Gasteiger partial charge is 0.508 e. The Hall–Kier alpha value is -2.06. The zero-order chi connectivity index (χ0) is 18.1. The third-order valence-corrected chi connectivity index (χ3v) is 4.29. The first kappa shape index (κ1) is 19.3. The van der Waals surface area contributed by atoms with E-state index in [4.69, 9.17) is 0 Å². The van der Waals surface area contributed by atoms with Crippen molar-refractivity contribution in [2.24, 2.45) is 11.8 Å². The predicted octanol–water partition coefficient (Wildman–Crippen LogP) is 5.29. The molecule has 0 amide bonds. The van der Waals surface area contributed by atoms with Gasteiger partial charge in [0.05, 0.1) is 0 Å². The van der Waals surface area contributed by atoms with Crippen LogP contribution in [0.1, 0.15) is 38.3 Å². The number of phenols is 1. The minimum atomic E-state index is 0.331. The van der Waals surface area contributed by atoms with E-state index in [2.05, 4.69) is 62.5 Å². The van der Waals surface area contributed by atoms with Gasteiger partial charge in [-0.25, -0.2) is 0 Å². The average molecular weight is 338 g/mol. The number of nitrogens with one attached hydrogen (secondary N) is 1. The summed E-state index contributed by atoms with van der Waals surface area (Å²) in [6.07, 6.45) is 6.66. The standard InChI is InChI=1S/C23H31NO/c1-18(2)15-22(12-9-20-7-5-4-6-8-20)24-17-19(3)16-21-10-13-23(25)14-11-21/h4-14,18-19,22,24-25H,15-17H2,1-3H3/b12-9+/t19-,22+/m0/s1. The van der Waals surface area contributed by atoms with Crippen molar-refractivity contribution in [3.05, 3.63) is 71.8 Å². The number of hydrogen-bond donors (Lipinski definition) is 2. The molecule has 0 saturated heterocycles. The number of phenolic OH excluding ortho intramolecular Hbond substituents is 1. The highest BCUT2D eigenvalue weighted by Gasteiger charge is 2.10. The molecule has 2 atom stereocenters. The molecule has 2 rings (SSSR count). The van der Waals surface area contributed by atoms with Crippen LogP contribution >= 0.6 is 0 Å². The second-order valence-electron chi connectivity index (χ2n) is 7.39. The lowest BCUT2D eigenvalue weighted by Crippen LogP contribution is -2.33. The molecule has 2 nitrogen and oxygen atoms in total. The molecule has 0 aromatic heterocycles. The zero-order valence-electron chi connectivity index (χ0n) is 15.7. The molecule has 134 valence electrons. The highest BCUT2D eigenvalue weighted by Crippen LogP contribution is 2.14. The number of rotatable bonds is 9. The molecule has 0 bridgehead atoms. The second-order valence-corrected chi connectivity index (χ2v) is 7.39. The van der Waals surface area contributed by atoms with Crippen molar-refractivity contribution in [2.45, 2.75) is 39.7 Å². The summed E-state index contributed by atoms with van der Waals surface area (Å²) in [7, 11) is 0. The van der Waals surface area contributed by atoms with E-state index in [1.807, 2.05) is 18.2 Å². The van der Waals surface area contributed by atoms with Crippen molar-refractivity contribution < 1.29 is 5.11 Å². The summed E-state index contributed by atoms with van der Waals surface area (Å²) in [4.78, 5) is 0. The van der Waals surface area contributed by atoms with Crippen LogP contribution in [0.25, 0.3) is 6.08 Å². The Kier molecular flexibility index (Phi) is 7.75. The molecule has 0 heterocycles. The smallest absolute Gasteiger partial charge is 0.115 e. The molecule has 0 spiro atoms. The minimum Gasteiger partial charge on any atom is -0.508 e. The molecule has 0 unspecified atom stereocenters. The lowest BCUT2D eigenvalue weighted by Gasteiger charge is -2.20.